The highest BCUT2D eigenvalue weighted by Gasteiger charge is 2.29. The maximum Gasteiger partial charge on any atom is 0.349 e. The molecule has 6 heteroatoms. The van der Waals surface area contributed by atoms with E-state index in [9.17, 15) is 14.7 Å². The monoisotopic (exact) mass is 408 g/mol. The molecule has 0 bridgehead atoms. The predicted molar refractivity (Wildman–Crippen MR) is 116 cm³/mol. The summed E-state index contributed by atoms with van der Waals surface area (Å²) >= 11 is 0. The van der Waals surface area contributed by atoms with Crippen LogP contribution in [0.1, 0.15) is 53.4 Å². The minimum absolute atomic E-state index is 0.104. The van der Waals surface area contributed by atoms with Crippen molar-refractivity contribution in [3.8, 4) is 0 Å². The summed E-state index contributed by atoms with van der Waals surface area (Å²) in [5.41, 5.74) is 1.66. The summed E-state index contributed by atoms with van der Waals surface area (Å²) in [6.07, 6.45) is 5.18. The van der Waals surface area contributed by atoms with Gasteiger partial charge in [0.1, 0.15) is 11.3 Å². The van der Waals surface area contributed by atoms with Crippen molar-refractivity contribution < 1.29 is 14.3 Å². The fourth-order valence-electron chi connectivity index (χ4n) is 4.27. The molecule has 1 fully saturated rings. The fourth-order valence-corrected chi connectivity index (χ4v) is 4.27. The Morgan fingerprint density at radius 3 is 2.83 bits per heavy atom. The molecule has 1 atom stereocenters. The molecule has 1 unspecified atom stereocenters. The van der Waals surface area contributed by atoms with Crippen molar-refractivity contribution >= 4 is 16.8 Å². The van der Waals surface area contributed by atoms with Crippen LogP contribution in [0.15, 0.2) is 45.7 Å². The molecule has 0 spiro atoms. The summed E-state index contributed by atoms with van der Waals surface area (Å²) in [6, 6.07) is 9.91. The van der Waals surface area contributed by atoms with Crippen LogP contribution in [0.25, 0.3) is 10.9 Å². The number of aromatic amines is 1. The van der Waals surface area contributed by atoms with Gasteiger partial charge in [-0.3, -0.25) is 4.79 Å². The van der Waals surface area contributed by atoms with Crippen molar-refractivity contribution in [3.63, 3.8) is 0 Å². The number of likely N-dealkylation sites (tertiary alicyclic amines) is 1. The predicted octanol–water partition coefficient (Wildman–Crippen LogP) is 3.59. The number of aliphatic hydroxyl groups is 1. The van der Waals surface area contributed by atoms with Gasteiger partial charge in [0.2, 0.25) is 0 Å². The number of fused-ring (bicyclic) bond motifs is 1. The third kappa shape index (κ3) is 4.19. The summed E-state index contributed by atoms with van der Waals surface area (Å²) in [6.45, 7) is 4.56. The molecule has 1 aromatic carbocycles. The minimum Gasteiger partial charge on any atom is -0.427 e. The van der Waals surface area contributed by atoms with E-state index in [2.05, 4.69) is 11.1 Å². The van der Waals surface area contributed by atoms with E-state index < -0.39 is 11.2 Å². The third-order valence-corrected chi connectivity index (χ3v) is 6.08. The van der Waals surface area contributed by atoms with Crippen LogP contribution in [0, 0.1) is 6.92 Å². The zero-order chi connectivity index (χ0) is 21.3. The SMILES string of the molecule is Cc1cc(CCc2c[nH]c3ccccc23)oc(=O)c1C(=O)N1CCCC(C)(O)CC1. The molecule has 1 amide bonds. The second-order valence-corrected chi connectivity index (χ2v) is 8.56. The largest absolute Gasteiger partial charge is 0.427 e. The average molecular weight is 408 g/mol. The molecule has 0 radical (unpaired) electrons. The molecule has 3 heterocycles. The highest BCUT2D eigenvalue weighted by atomic mass is 16.4. The van der Waals surface area contributed by atoms with E-state index >= 15 is 0 Å². The van der Waals surface area contributed by atoms with E-state index in [1.54, 1.807) is 24.8 Å². The summed E-state index contributed by atoms with van der Waals surface area (Å²) in [5, 5.41) is 11.4. The van der Waals surface area contributed by atoms with Gasteiger partial charge in [-0.1, -0.05) is 18.2 Å². The fraction of sp³-hybridized carbons (Fsp3) is 0.417. The second kappa shape index (κ2) is 8.11. The number of H-pyrrole nitrogens is 1. The lowest BCUT2D eigenvalue weighted by molar-refractivity contribution is 0.0437. The molecule has 30 heavy (non-hydrogen) atoms. The number of carbonyl (C=O) groups excluding carboxylic acids is 1. The minimum atomic E-state index is -0.763. The van der Waals surface area contributed by atoms with Crippen molar-refractivity contribution in [2.45, 2.75) is 51.6 Å². The highest BCUT2D eigenvalue weighted by molar-refractivity contribution is 5.95. The molecule has 6 nitrogen and oxygen atoms in total. The third-order valence-electron chi connectivity index (χ3n) is 6.08. The summed E-state index contributed by atoms with van der Waals surface area (Å²) < 4.78 is 5.52. The van der Waals surface area contributed by atoms with Crippen molar-refractivity contribution in [2.75, 3.05) is 13.1 Å². The second-order valence-electron chi connectivity index (χ2n) is 8.56. The highest BCUT2D eigenvalue weighted by Crippen LogP contribution is 2.23. The number of nitrogens with zero attached hydrogens (tertiary/aromatic N) is 1. The molecule has 0 saturated carbocycles. The van der Waals surface area contributed by atoms with Gasteiger partial charge in [0.05, 0.1) is 5.60 Å². The first-order valence-corrected chi connectivity index (χ1v) is 10.5. The Morgan fingerprint density at radius 1 is 1.23 bits per heavy atom. The van der Waals surface area contributed by atoms with E-state index in [4.69, 9.17) is 4.42 Å². The van der Waals surface area contributed by atoms with Crippen molar-refractivity contribution in [2.24, 2.45) is 0 Å². The standard InChI is InChI=1S/C24H28N2O4/c1-16-14-18(9-8-17-15-25-20-7-4-3-6-19(17)20)30-23(28)21(16)22(27)26-12-5-10-24(2,29)11-13-26/h3-4,6-7,14-15,25,29H,5,8-13H2,1-2H3. The number of para-hydroxylation sites is 1. The number of hydrogen-bond donors (Lipinski definition) is 2. The first-order valence-electron chi connectivity index (χ1n) is 10.5. The normalized spacial score (nSPS) is 19.8. The lowest BCUT2D eigenvalue weighted by Crippen LogP contribution is -2.36. The van der Waals surface area contributed by atoms with Crippen LogP contribution < -0.4 is 5.63 Å². The number of rotatable bonds is 4. The number of amides is 1. The Morgan fingerprint density at radius 2 is 2.03 bits per heavy atom. The molecule has 1 aliphatic heterocycles. The first kappa shape index (κ1) is 20.4. The van der Waals surface area contributed by atoms with Crippen LogP contribution in [0.3, 0.4) is 0 Å². The average Bonchev–Trinajstić information content (AvgIpc) is 3.02. The Bertz CT molecular complexity index is 1130. The maximum absolute atomic E-state index is 13.0. The van der Waals surface area contributed by atoms with Gasteiger partial charge in [-0.05, 0) is 62.8 Å². The van der Waals surface area contributed by atoms with Gasteiger partial charge in [-0.25, -0.2) is 4.79 Å². The van der Waals surface area contributed by atoms with Gasteiger partial charge in [0, 0.05) is 36.6 Å². The van der Waals surface area contributed by atoms with Gasteiger partial charge < -0.3 is 19.4 Å². The topological polar surface area (TPSA) is 86.5 Å². The number of aromatic nitrogens is 1. The molecule has 3 aromatic rings. The van der Waals surface area contributed by atoms with Crippen LogP contribution in [-0.4, -0.2) is 39.6 Å². The Labute approximate surface area is 175 Å². The van der Waals surface area contributed by atoms with E-state index in [0.717, 1.165) is 11.9 Å². The van der Waals surface area contributed by atoms with Gasteiger partial charge in [0.25, 0.3) is 5.91 Å². The quantitative estimate of drug-likeness (QED) is 0.691. The van der Waals surface area contributed by atoms with Crippen molar-refractivity contribution in [3.05, 3.63) is 69.4 Å². The molecule has 1 saturated heterocycles. The zero-order valence-electron chi connectivity index (χ0n) is 17.5. The van der Waals surface area contributed by atoms with Gasteiger partial charge >= 0.3 is 5.63 Å². The van der Waals surface area contributed by atoms with Gasteiger partial charge in [-0.2, -0.15) is 0 Å². The Kier molecular flexibility index (Phi) is 5.52. The number of carbonyl (C=O) groups is 1. The number of benzene rings is 1. The summed E-state index contributed by atoms with van der Waals surface area (Å²) in [5.74, 6) is 0.278. The molecule has 2 N–H and O–H groups in total. The molecular weight excluding hydrogens is 380 g/mol. The molecular formula is C24H28N2O4. The number of nitrogens with one attached hydrogen (secondary N) is 1. The Hall–Kier alpha value is -2.86. The van der Waals surface area contributed by atoms with Crippen molar-refractivity contribution in [1.82, 2.24) is 9.88 Å². The lowest BCUT2D eigenvalue weighted by atomic mass is 9.98. The van der Waals surface area contributed by atoms with Crippen LogP contribution in [0.4, 0.5) is 0 Å². The zero-order valence-corrected chi connectivity index (χ0v) is 17.5. The maximum atomic E-state index is 13.0. The van der Waals surface area contributed by atoms with Crippen molar-refractivity contribution in [1.29, 1.82) is 0 Å². The van der Waals surface area contributed by atoms with Gasteiger partial charge in [-0.15, -0.1) is 0 Å². The number of aryl methyl sites for hydroxylation is 3. The Balaban J connectivity index is 1.50. The van der Waals surface area contributed by atoms with Crippen LogP contribution >= 0.6 is 0 Å². The van der Waals surface area contributed by atoms with E-state index in [1.165, 1.54) is 10.9 Å². The first-order chi connectivity index (χ1) is 14.3. The van der Waals surface area contributed by atoms with Crippen LogP contribution in [-0.2, 0) is 12.8 Å². The lowest BCUT2D eigenvalue weighted by Gasteiger charge is -2.22. The molecule has 4 rings (SSSR count). The summed E-state index contributed by atoms with van der Waals surface area (Å²) in [4.78, 5) is 30.6. The van der Waals surface area contributed by atoms with Crippen LogP contribution in [0.2, 0.25) is 0 Å². The number of hydrogen-bond acceptors (Lipinski definition) is 4. The van der Waals surface area contributed by atoms with Gasteiger partial charge in [0.15, 0.2) is 0 Å². The van der Waals surface area contributed by atoms with E-state index in [-0.39, 0.29) is 11.5 Å². The smallest absolute Gasteiger partial charge is 0.349 e. The molecule has 2 aromatic heterocycles. The van der Waals surface area contributed by atoms with Crippen LogP contribution in [0.5, 0.6) is 0 Å². The van der Waals surface area contributed by atoms with E-state index in [1.807, 2.05) is 24.4 Å². The molecule has 1 aliphatic rings. The summed E-state index contributed by atoms with van der Waals surface area (Å²) in [7, 11) is 0. The van der Waals surface area contributed by atoms with E-state index in [0.29, 0.717) is 50.1 Å². The molecule has 158 valence electrons. The molecule has 0 aliphatic carbocycles.